The van der Waals surface area contributed by atoms with Gasteiger partial charge in [-0.1, -0.05) is 6.08 Å². The maximum Gasteiger partial charge on any atom is 0.344 e. The van der Waals surface area contributed by atoms with Gasteiger partial charge in [0.15, 0.2) is 0 Å². The molecule has 3 N–H and O–H groups in total. The summed E-state index contributed by atoms with van der Waals surface area (Å²) in [4.78, 5) is 12.6. The summed E-state index contributed by atoms with van der Waals surface area (Å²) in [6, 6.07) is 3.22. The van der Waals surface area contributed by atoms with Crippen molar-refractivity contribution in [3.63, 3.8) is 0 Å². The molecule has 4 unspecified atom stereocenters. The van der Waals surface area contributed by atoms with Crippen molar-refractivity contribution in [3.8, 4) is 11.5 Å². The lowest BCUT2D eigenvalue weighted by Crippen LogP contribution is -2.50. The van der Waals surface area contributed by atoms with Crippen LogP contribution in [0.4, 0.5) is 0 Å². The van der Waals surface area contributed by atoms with Gasteiger partial charge in [-0.3, -0.25) is 0 Å². The zero-order valence-electron chi connectivity index (χ0n) is 15.4. The van der Waals surface area contributed by atoms with Crippen LogP contribution in [0.5, 0.6) is 11.5 Å². The minimum absolute atomic E-state index is 0.103. The first-order chi connectivity index (χ1) is 12.7. The van der Waals surface area contributed by atoms with E-state index in [9.17, 15) is 20.1 Å². The predicted molar refractivity (Wildman–Crippen MR) is 94.5 cm³/mol. The number of rotatable bonds is 4. The maximum absolute atomic E-state index is 12.6. The van der Waals surface area contributed by atoms with E-state index in [2.05, 4.69) is 0 Å². The van der Waals surface area contributed by atoms with Crippen LogP contribution >= 0.6 is 0 Å². The molecule has 0 amide bonds. The molecule has 1 saturated heterocycles. The molecule has 27 heavy (non-hydrogen) atoms. The van der Waals surface area contributed by atoms with E-state index in [1.54, 1.807) is 12.1 Å². The molecule has 0 radical (unpaired) electrons. The molecule has 2 heterocycles. The maximum atomic E-state index is 12.6. The number of aliphatic hydroxyl groups is 3. The molecule has 2 aliphatic heterocycles. The molecule has 0 saturated carbocycles. The number of carbonyl (C=O) groups is 1. The minimum atomic E-state index is -1.24. The Bertz CT molecular complexity index is 741. The second-order valence-corrected chi connectivity index (χ2v) is 7.11. The summed E-state index contributed by atoms with van der Waals surface area (Å²) in [6.07, 6.45) is -0.909. The number of benzene rings is 1. The Balaban J connectivity index is 1.81. The second kappa shape index (κ2) is 7.47. The fourth-order valence-electron chi connectivity index (χ4n) is 3.06. The van der Waals surface area contributed by atoms with Crippen molar-refractivity contribution in [1.82, 2.24) is 0 Å². The Hall–Kier alpha value is -2.13. The fourth-order valence-corrected chi connectivity index (χ4v) is 3.06. The van der Waals surface area contributed by atoms with Crippen molar-refractivity contribution in [2.24, 2.45) is 0 Å². The third-order valence-electron chi connectivity index (χ3n) is 4.54. The van der Waals surface area contributed by atoms with Gasteiger partial charge < -0.3 is 34.3 Å². The molecule has 0 aromatic heterocycles. The Labute approximate surface area is 156 Å². The largest absolute Gasteiger partial charge is 0.496 e. The van der Waals surface area contributed by atoms with Crippen LogP contribution in [0.2, 0.25) is 0 Å². The van der Waals surface area contributed by atoms with Crippen molar-refractivity contribution in [1.29, 1.82) is 0 Å². The van der Waals surface area contributed by atoms with Crippen LogP contribution in [-0.2, 0) is 9.47 Å². The molecule has 1 aromatic carbocycles. The Morgan fingerprint density at radius 1 is 1.33 bits per heavy atom. The molecule has 2 aliphatic rings. The number of methoxy groups -OCH3 is 1. The normalized spacial score (nSPS) is 28.8. The molecule has 8 nitrogen and oxygen atoms in total. The van der Waals surface area contributed by atoms with Crippen LogP contribution in [0.1, 0.15) is 36.2 Å². The summed E-state index contributed by atoms with van der Waals surface area (Å²) in [5.41, 5.74) is 0.413. The van der Waals surface area contributed by atoms with Crippen molar-refractivity contribution in [3.05, 3.63) is 29.3 Å². The highest BCUT2D eigenvalue weighted by Gasteiger charge is 2.38. The van der Waals surface area contributed by atoms with Gasteiger partial charge in [0.25, 0.3) is 0 Å². The van der Waals surface area contributed by atoms with E-state index in [1.807, 2.05) is 26.0 Å². The number of ether oxygens (including phenoxy) is 4. The molecular formula is C19H24O8. The number of fused-ring (bicyclic) bond motifs is 1. The summed E-state index contributed by atoms with van der Waals surface area (Å²) in [6.45, 7) is 3.32. The third kappa shape index (κ3) is 4.08. The van der Waals surface area contributed by atoms with Crippen LogP contribution < -0.4 is 9.47 Å². The average molecular weight is 380 g/mol. The quantitative estimate of drug-likeness (QED) is 0.659. The van der Waals surface area contributed by atoms with Crippen LogP contribution in [0, 0.1) is 0 Å². The Morgan fingerprint density at radius 3 is 2.74 bits per heavy atom. The smallest absolute Gasteiger partial charge is 0.344 e. The summed E-state index contributed by atoms with van der Waals surface area (Å²) < 4.78 is 21.8. The van der Waals surface area contributed by atoms with Gasteiger partial charge in [-0.15, -0.1) is 0 Å². The molecule has 1 fully saturated rings. The van der Waals surface area contributed by atoms with E-state index in [1.165, 1.54) is 7.11 Å². The van der Waals surface area contributed by atoms with Crippen LogP contribution in [-0.4, -0.2) is 65.2 Å². The lowest BCUT2D eigenvalue weighted by Gasteiger charge is -2.35. The van der Waals surface area contributed by atoms with Gasteiger partial charge >= 0.3 is 5.97 Å². The zero-order valence-corrected chi connectivity index (χ0v) is 15.4. The molecule has 0 aliphatic carbocycles. The second-order valence-electron chi connectivity index (χ2n) is 7.11. The van der Waals surface area contributed by atoms with Gasteiger partial charge in [0.1, 0.15) is 34.9 Å². The highest BCUT2D eigenvalue weighted by molar-refractivity contribution is 5.94. The summed E-state index contributed by atoms with van der Waals surface area (Å²) in [5.74, 6) is 0.154. The van der Waals surface area contributed by atoms with Gasteiger partial charge in [0.2, 0.25) is 6.29 Å². The minimum Gasteiger partial charge on any atom is -0.496 e. The zero-order chi connectivity index (χ0) is 19.8. The number of carbonyl (C=O) groups excluding carboxylic acids is 1. The number of esters is 1. The SMILES string of the molecule is COc1cc2c(cc1C(=O)OC1CC(O)C(O)C(CO)O1)C=CC(C)(C)O2. The molecular weight excluding hydrogens is 356 g/mol. The summed E-state index contributed by atoms with van der Waals surface area (Å²) >= 11 is 0. The van der Waals surface area contributed by atoms with Crippen molar-refractivity contribution in [2.45, 2.75) is 50.5 Å². The highest BCUT2D eigenvalue weighted by atomic mass is 16.7. The molecule has 8 heteroatoms. The Kier molecular flexibility index (Phi) is 5.43. The number of hydrogen-bond donors (Lipinski definition) is 3. The van der Waals surface area contributed by atoms with Gasteiger partial charge in [-0.25, -0.2) is 4.79 Å². The van der Waals surface area contributed by atoms with Gasteiger partial charge in [0, 0.05) is 18.1 Å². The molecule has 3 rings (SSSR count). The highest BCUT2D eigenvalue weighted by Crippen LogP contribution is 2.36. The van der Waals surface area contributed by atoms with Crippen LogP contribution in [0.15, 0.2) is 18.2 Å². The van der Waals surface area contributed by atoms with Gasteiger partial charge in [-0.05, 0) is 26.0 Å². The monoisotopic (exact) mass is 380 g/mol. The third-order valence-corrected chi connectivity index (χ3v) is 4.54. The van der Waals surface area contributed by atoms with E-state index >= 15 is 0 Å². The van der Waals surface area contributed by atoms with Gasteiger partial charge in [-0.2, -0.15) is 0 Å². The molecule has 0 spiro atoms. The van der Waals surface area contributed by atoms with E-state index in [0.29, 0.717) is 11.3 Å². The predicted octanol–water partition coefficient (Wildman–Crippen LogP) is 0.865. The van der Waals surface area contributed by atoms with E-state index < -0.39 is 42.8 Å². The van der Waals surface area contributed by atoms with E-state index in [4.69, 9.17) is 18.9 Å². The average Bonchev–Trinajstić information content (AvgIpc) is 2.62. The topological polar surface area (TPSA) is 115 Å². The first-order valence-electron chi connectivity index (χ1n) is 8.68. The number of aliphatic hydroxyl groups excluding tert-OH is 3. The first kappa shape index (κ1) is 19.6. The molecule has 0 bridgehead atoms. The van der Waals surface area contributed by atoms with Gasteiger partial charge in [0.05, 0.1) is 19.8 Å². The van der Waals surface area contributed by atoms with Crippen molar-refractivity contribution in [2.75, 3.05) is 13.7 Å². The fraction of sp³-hybridized carbons (Fsp3) is 0.526. The standard InChI is InChI=1S/C19H24O8/c1-19(2)5-4-10-6-11(14(24-3)8-13(10)27-19)18(23)26-16-7-12(21)17(22)15(9-20)25-16/h4-6,8,12,15-17,20-22H,7,9H2,1-3H3. The first-order valence-corrected chi connectivity index (χ1v) is 8.68. The summed E-state index contributed by atoms with van der Waals surface area (Å²) in [7, 11) is 1.43. The van der Waals surface area contributed by atoms with E-state index in [-0.39, 0.29) is 17.7 Å². The molecule has 148 valence electrons. The van der Waals surface area contributed by atoms with E-state index in [0.717, 1.165) is 0 Å². The Morgan fingerprint density at radius 2 is 2.07 bits per heavy atom. The lowest BCUT2D eigenvalue weighted by atomic mass is 10.00. The van der Waals surface area contributed by atoms with Crippen molar-refractivity contribution < 1.29 is 39.1 Å². The summed E-state index contributed by atoms with van der Waals surface area (Å²) in [5, 5.41) is 28.8. The van der Waals surface area contributed by atoms with Crippen LogP contribution in [0.25, 0.3) is 6.08 Å². The van der Waals surface area contributed by atoms with Crippen LogP contribution in [0.3, 0.4) is 0 Å². The number of hydrogen-bond acceptors (Lipinski definition) is 8. The van der Waals surface area contributed by atoms with Crippen molar-refractivity contribution >= 4 is 12.0 Å². The lowest BCUT2D eigenvalue weighted by molar-refractivity contribution is -0.239. The molecule has 1 aromatic rings. The molecule has 4 atom stereocenters.